The average Bonchev–Trinajstić information content (AvgIpc) is 4.00. The number of carbonyl (C=O) groups is 3. The van der Waals surface area contributed by atoms with Crippen LogP contribution in [0.15, 0.2) is 54.9 Å². The van der Waals surface area contributed by atoms with E-state index in [0.29, 0.717) is 49.8 Å². The number of aliphatic hydroxyl groups is 2. The molecule has 0 bridgehead atoms. The van der Waals surface area contributed by atoms with Crippen molar-refractivity contribution in [3.63, 3.8) is 0 Å². The highest BCUT2D eigenvalue weighted by atomic mass is 32.2. The average molecular weight is 741 g/mol. The van der Waals surface area contributed by atoms with Crippen LogP contribution in [0, 0.1) is 11.8 Å². The van der Waals surface area contributed by atoms with Crippen molar-refractivity contribution in [1.29, 1.82) is 0 Å². The van der Waals surface area contributed by atoms with Crippen LogP contribution in [-0.2, 0) is 35.4 Å². The molecule has 0 spiro atoms. The van der Waals surface area contributed by atoms with Gasteiger partial charge in [0, 0.05) is 44.2 Å². The van der Waals surface area contributed by atoms with Crippen molar-refractivity contribution in [2.45, 2.75) is 113 Å². The number of amides is 3. The number of hydrogen-bond acceptors (Lipinski definition) is 9. The van der Waals surface area contributed by atoms with Gasteiger partial charge in [0.25, 0.3) is 0 Å². The Morgan fingerprint density at radius 3 is 2.29 bits per heavy atom. The zero-order valence-electron chi connectivity index (χ0n) is 30.5. The zero-order valence-corrected chi connectivity index (χ0v) is 31.3. The molecular weight excluding hydrogens is 685 g/mol. The first-order chi connectivity index (χ1) is 24.9. The summed E-state index contributed by atoms with van der Waals surface area (Å²) in [5.41, 5.74) is 1.32. The maximum absolute atomic E-state index is 14.1. The molecule has 2 unspecified atom stereocenters. The molecule has 5 rings (SSSR count). The number of aliphatic hydroxyl groups excluding tert-OH is 2. The molecule has 52 heavy (non-hydrogen) atoms. The Balaban J connectivity index is 1.34. The number of nitrogens with one attached hydrogen (secondary N) is 2. The number of hydrogen-bond donors (Lipinski definition) is 4. The standard InChI is InChI=1S/C39H56N4O8S/c1-39(2,38(48)43-18-20-51-21-19-43)52(49,50)26-31(29-13-7-4-8-14-29)24-34(44)41-33(23-28-12-9-17-40-25-28)37(47)42-32(22-27-10-5-3-6-11-27)36(46)35(45)30-15-16-30/h4,7-9,12-14,17,25,27,30-33,35-36,45-46H,3,5-6,10-11,15-16,18-24,26H2,1-2H3,(H,41,44)(H,42,47)/t31?,32-,33?,35-,36+/m0/s1. The molecule has 13 heteroatoms. The fraction of sp³-hybridized carbons (Fsp3) is 0.641. The Morgan fingerprint density at radius 2 is 1.65 bits per heavy atom. The Bertz CT molecular complexity index is 1580. The molecule has 0 radical (unpaired) electrons. The van der Waals surface area contributed by atoms with E-state index in [1.54, 1.807) is 54.9 Å². The van der Waals surface area contributed by atoms with Gasteiger partial charge in [-0.3, -0.25) is 19.4 Å². The minimum absolute atomic E-state index is 0.00647. The SMILES string of the molecule is CC(C)(C(=O)N1CCOCC1)S(=O)(=O)CC(CC(=O)NC(Cc1cccnc1)C(=O)N[C@@H](CC1CCCCC1)[C@@H](O)[C@@H](O)C1CC1)c1ccccc1. The summed E-state index contributed by atoms with van der Waals surface area (Å²) >= 11 is 0. The predicted molar refractivity (Wildman–Crippen MR) is 197 cm³/mol. The van der Waals surface area contributed by atoms with Crippen LogP contribution >= 0.6 is 0 Å². The molecule has 5 atom stereocenters. The number of carbonyl (C=O) groups excluding carboxylic acids is 3. The van der Waals surface area contributed by atoms with Crippen LogP contribution in [0.1, 0.15) is 88.7 Å². The second-order valence-corrected chi connectivity index (χ2v) is 18.0. The largest absolute Gasteiger partial charge is 0.390 e. The number of sulfone groups is 1. The molecule has 12 nitrogen and oxygen atoms in total. The van der Waals surface area contributed by atoms with Crippen molar-refractivity contribution in [2.75, 3.05) is 32.1 Å². The summed E-state index contributed by atoms with van der Waals surface area (Å²) < 4.78 is 31.6. The molecule has 3 aliphatic rings. The van der Waals surface area contributed by atoms with E-state index in [-0.39, 0.29) is 18.8 Å². The molecule has 2 aromatic rings. The first-order valence-electron chi connectivity index (χ1n) is 18.8. The number of pyridine rings is 1. The lowest BCUT2D eigenvalue weighted by molar-refractivity contribution is -0.137. The Kier molecular flexibility index (Phi) is 13.9. The third-order valence-electron chi connectivity index (χ3n) is 11.0. The van der Waals surface area contributed by atoms with Gasteiger partial charge in [0.05, 0.1) is 31.1 Å². The highest BCUT2D eigenvalue weighted by molar-refractivity contribution is 7.93. The first-order valence-corrected chi connectivity index (χ1v) is 20.5. The molecule has 286 valence electrons. The number of nitrogens with zero attached hydrogens (tertiary/aromatic N) is 2. The Labute approximate surface area is 308 Å². The number of benzene rings is 1. The monoisotopic (exact) mass is 740 g/mol. The lowest BCUT2D eigenvalue weighted by atomic mass is 9.82. The molecule has 2 heterocycles. The van der Waals surface area contributed by atoms with Crippen molar-refractivity contribution >= 4 is 27.6 Å². The highest BCUT2D eigenvalue weighted by Gasteiger charge is 2.46. The molecule has 4 N–H and O–H groups in total. The van der Waals surface area contributed by atoms with Gasteiger partial charge >= 0.3 is 0 Å². The van der Waals surface area contributed by atoms with Crippen LogP contribution in [0.2, 0.25) is 0 Å². The van der Waals surface area contributed by atoms with Gasteiger partial charge in [-0.2, -0.15) is 0 Å². The summed E-state index contributed by atoms with van der Waals surface area (Å²) in [6, 6.07) is 10.6. The summed E-state index contributed by atoms with van der Waals surface area (Å²) in [6.07, 6.45) is 8.49. The fourth-order valence-corrected chi connectivity index (χ4v) is 9.15. The number of rotatable bonds is 17. The first kappa shape index (κ1) is 39.8. The lowest BCUT2D eigenvalue weighted by Gasteiger charge is -2.34. The summed E-state index contributed by atoms with van der Waals surface area (Å²) in [6.45, 7) is 4.11. The van der Waals surface area contributed by atoms with Gasteiger partial charge in [0.15, 0.2) is 9.84 Å². The van der Waals surface area contributed by atoms with Crippen LogP contribution < -0.4 is 10.6 Å². The van der Waals surface area contributed by atoms with Gasteiger partial charge in [0.2, 0.25) is 17.7 Å². The van der Waals surface area contributed by atoms with E-state index in [4.69, 9.17) is 4.74 Å². The summed E-state index contributed by atoms with van der Waals surface area (Å²) in [5.74, 6) is -2.49. The quantitative estimate of drug-likeness (QED) is 0.190. The molecule has 1 aromatic carbocycles. The maximum Gasteiger partial charge on any atom is 0.243 e. The van der Waals surface area contributed by atoms with Gasteiger partial charge in [-0.05, 0) is 62.1 Å². The van der Waals surface area contributed by atoms with Crippen molar-refractivity contribution < 1.29 is 37.8 Å². The van der Waals surface area contributed by atoms with Gasteiger partial charge in [-0.1, -0.05) is 68.5 Å². The van der Waals surface area contributed by atoms with Crippen LogP contribution in [-0.4, -0.2) is 107 Å². The zero-order chi connectivity index (χ0) is 37.3. The third kappa shape index (κ3) is 10.6. The second kappa shape index (κ2) is 18.1. The van der Waals surface area contributed by atoms with Gasteiger partial charge in [-0.15, -0.1) is 0 Å². The molecule has 3 fully saturated rings. The highest BCUT2D eigenvalue weighted by Crippen LogP contribution is 2.36. The minimum Gasteiger partial charge on any atom is -0.390 e. The normalized spacial score (nSPS) is 20.3. The van der Waals surface area contributed by atoms with Crippen molar-refractivity contribution in [1.82, 2.24) is 20.5 Å². The van der Waals surface area contributed by atoms with Gasteiger partial charge < -0.3 is 30.5 Å². The van der Waals surface area contributed by atoms with Gasteiger partial charge in [-0.25, -0.2) is 8.42 Å². The van der Waals surface area contributed by atoms with Crippen LogP contribution in [0.25, 0.3) is 0 Å². The van der Waals surface area contributed by atoms with Gasteiger partial charge in [0.1, 0.15) is 16.9 Å². The smallest absolute Gasteiger partial charge is 0.243 e. The minimum atomic E-state index is -4.10. The Hall–Kier alpha value is -3.39. The van der Waals surface area contributed by atoms with E-state index >= 15 is 0 Å². The van der Waals surface area contributed by atoms with Crippen LogP contribution in [0.3, 0.4) is 0 Å². The summed E-state index contributed by atoms with van der Waals surface area (Å²) in [5, 5.41) is 28.1. The molecule has 1 aromatic heterocycles. The van der Waals surface area contributed by atoms with Crippen molar-refractivity contribution in [2.24, 2.45) is 11.8 Å². The van der Waals surface area contributed by atoms with Crippen LogP contribution in [0.5, 0.6) is 0 Å². The Morgan fingerprint density at radius 1 is 0.962 bits per heavy atom. The molecule has 2 aliphatic carbocycles. The topological polar surface area (TPSA) is 175 Å². The van der Waals surface area contributed by atoms with E-state index in [9.17, 15) is 33.0 Å². The molecule has 1 saturated heterocycles. The maximum atomic E-state index is 14.1. The fourth-order valence-electron chi connectivity index (χ4n) is 7.50. The molecule has 1 aliphatic heterocycles. The summed E-state index contributed by atoms with van der Waals surface area (Å²) in [7, 11) is -4.10. The van der Waals surface area contributed by atoms with E-state index in [2.05, 4.69) is 15.6 Å². The molecule has 2 saturated carbocycles. The molecule has 3 amide bonds. The second-order valence-electron chi connectivity index (χ2n) is 15.4. The molecular formula is C39H56N4O8S. The van der Waals surface area contributed by atoms with E-state index in [0.717, 1.165) is 44.9 Å². The number of morpholine rings is 1. The predicted octanol–water partition coefficient (Wildman–Crippen LogP) is 2.92. The van der Waals surface area contributed by atoms with E-state index in [1.165, 1.54) is 18.7 Å². The lowest BCUT2D eigenvalue weighted by Crippen LogP contribution is -2.56. The van der Waals surface area contributed by atoms with E-state index in [1.807, 2.05) is 0 Å². The number of aromatic nitrogens is 1. The number of ether oxygens (including phenoxy) is 1. The van der Waals surface area contributed by atoms with Crippen molar-refractivity contribution in [3.8, 4) is 0 Å². The summed E-state index contributed by atoms with van der Waals surface area (Å²) in [4.78, 5) is 47.2. The van der Waals surface area contributed by atoms with Crippen molar-refractivity contribution in [3.05, 3.63) is 66.0 Å². The van der Waals surface area contributed by atoms with E-state index < -0.39 is 68.3 Å². The van der Waals surface area contributed by atoms with Crippen LogP contribution in [0.4, 0.5) is 0 Å². The third-order valence-corrected chi connectivity index (χ3v) is 13.6.